The third-order valence-electron chi connectivity index (χ3n) is 2.29. The van der Waals surface area contributed by atoms with Gasteiger partial charge in [-0.2, -0.15) is 11.8 Å². The standard InChI is InChI=1S/C11H24O2S/c1-5-8-14-9-10(12)6-7-11(2,3)13-4/h10,12H,5-9H2,1-4H3. The Kier molecular flexibility index (Phi) is 7.69. The van der Waals surface area contributed by atoms with Crippen LogP contribution in [0.2, 0.25) is 0 Å². The van der Waals surface area contributed by atoms with Crippen molar-refractivity contribution in [1.82, 2.24) is 0 Å². The highest BCUT2D eigenvalue weighted by molar-refractivity contribution is 7.99. The Bertz CT molecular complexity index is 137. The predicted molar refractivity (Wildman–Crippen MR) is 63.9 cm³/mol. The molecule has 0 saturated heterocycles. The highest BCUT2D eigenvalue weighted by Crippen LogP contribution is 2.18. The molecule has 0 radical (unpaired) electrons. The first kappa shape index (κ1) is 14.3. The molecule has 1 unspecified atom stereocenters. The van der Waals surface area contributed by atoms with Gasteiger partial charge in [-0.3, -0.25) is 0 Å². The summed E-state index contributed by atoms with van der Waals surface area (Å²) < 4.78 is 5.30. The van der Waals surface area contributed by atoms with Gasteiger partial charge in [0.1, 0.15) is 0 Å². The second-order valence-corrected chi connectivity index (χ2v) is 5.38. The summed E-state index contributed by atoms with van der Waals surface area (Å²) in [6, 6.07) is 0. The zero-order valence-corrected chi connectivity index (χ0v) is 10.7. The Balaban J connectivity index is 3.48. The van der Waals surface area contributed by atoms with E-state index in [0.717, 1.165) is 24.3 Å². The molecule has 0 aromatic rings. The van der Waals surface area contributed by atoms with Gasteiger partial charge in [0, 0.05) is 12.9 Å². The summed E-state index contributed by atoms with van der Waals surface area (Å²) in [4.78, 5) is 0. The number of methoxy groups -OCH3 is 1. The number of aliphatic hydroxyl groups excluding tert-OH is 1. The average Bonchev–Trinajstić information content (AvgIpc) is 2.16. The van der Waals surface area contributed by atoms with Crippen molar-refractivity contribution in [2.45, 2.75) is 51.7 Å². The Morgan fingerprint density at radius 2 is 2.07 bits per heavy atom. The van der Waals surface area contributed by atoms with E-state index in [1.165, 1.54) is 6.42 Å². The quantitative estimate of drug-likeness (QED) is 0.638. The van der Waals surface area contributed by atoms with Crippen LogP contribution in [0, 0.1) is 0 Å². The smallest absolute Gasteiger partial charge is 0.0631 e. The van der Waals surface area contributed by atoms with Gasteiger partial charge >= 0.3 is 0 Å². The Hall–Kier alpha value is 0.270. The summed E-state index contributed by atoms with van der Waals surface area (Å²) in [5.74, 6) is 2.00. The lowest BCUT2D eigenvalue weighted by molar-refractivity contribution is 0.00494. The van der Waals surface area contributed by atoms with Crippen LogP contribution in [0.1, 0.15) is 40.0 Å². The maximum atomic E-state index is 9.66. The number of hydrogen-bond acceptors (Lipinski definition) is 3. The van der Waals surface area contributed by atoms with Crippen molar-refractivity contribution in [3.05, 3.63) is 0 Å². The molecule has 3 heteroatoms. The number of aliphatic hydroxyl groups is 1. The molecule has 0 rings (SSSR count). The molecule has 0 fully saturated rings. The van der Waals surface area contributed by atoms with Crippen LogP contribution in [0.3, 0.4) is 0 Å². The van der Waals surface area contributed by atoms with Crippen LogP contribution in [0.5, 0.6) is 0 Å². The largest absolute Gasteiger partial charge is 0.392 e. The third kappa shape index (κ3) is 7.65. The van der Waals surface area contributed by atoms with Gasteiger partial charge < -0.3 is 9.84 Å². The second-order valence-electron chi connectivity index (χ2n) is 4.23. The molecule has 1 N–H and O–H groups in total. The number of rotatable bonds is 8. The van der Waals surface area contributed by atoms with Crippen molar-refractivity contribution < 1.29 is 9.84 Å². The monoisotopic (exact) mass is 220 g/mol. The zero-order chi connectivity index (χ0) is 11.0. The van der Waals surface area contributed by atoms with Crippen LogP contribution in [0.15, 0.2) is 0 Å². The van der Waals surface area contributed by atoms with E-state index in [9.17, 15) is 5.11 Å². The van der Waals surface area contributed by atoms with Gasteiger partial charge in [-0.05, 0) is 38.9 Å². The first-order valence-corrected chi connectivity index (χ1v) is 6.48. The molecule has 0 aromatic carbocycles. The summed E-state index contributed by atoms with van der Waals surface area (Å²) in [6.45, 7) is 6.27. The normalized spacial score (nSPS) is 14.4. The summed E-state index contributed by atoms with van der Waals surface area (Å²) in [5, 5.41) is 9.66. The van der Waals surface area contributed by atoms with Gasteiger partial charge in [-0.1, -0.05) is 6.92 Å². The minimum atomic E-state index is -0.180. The fourth-order valence-corrected chi connectivity index (χ4v) is 1.96. The van der Waals surface area contributed by atoms with Crippen LogP contribution in [-0.2, 0) is 4.74 Å². The fourth-order valence-electron chi connectivity index (χ4n) is 1.06. The van der Waals surface area contributed by atoms with Crippen molar-refractivity contribution in [3.63, 3.8) is 0 Å². The molecular weight excluding hydrogens is 196 g/mol. The van der Waals surface area contributed by atoms with E-state index in [-0.39, 0.29) is 11.7 Å². The summed E-state index contributed by atoms with van der Waals surface area (Å²) in [6.07, 6.45) is 2.75. The van der Waals surface area contributed by atoms with Crippen molar-refractivity contribution in [2.75, 3.05) is 18.6 Å². The Labute approximate surface area is 92.4 Å². The molecule has 0 heterocycles. The van der Waals surface area contributed by atoms with Gasteiger partial charge in [0.2, 0.25) is 0 Å². The van der Waals surface area contributed by atoms with E-state index in [2.05, 4.69) is 20.8 Å². The first-order valence-electron chi connectivity index (χ1n) is 5.33. The van der Waals surface area contributed by atoms with Crippen molar-refractivity contribution in [1.29, 1.82) is 0 Å². The molecule has 14 heavy (non-hydrogen) atoms. The lowest BCUT2D eigenvalue weighted by Gasteiger charge is -2.24. The second kappa shape index (κ2) is 7.55. The van der Waals surface area contributed by atoms with Crippen LogP contribution in [0.4, 0.5) is 0 Å². The number of hydrogen-bond donors (Lipinski definition) is 1. The van der Waals surface area contributed by atoms with E-state index in [1.807, 2.05) is 11.8 Å². The van der Waals surface area contributed by atoms with Crippen LogP contribution >= 0.6 is 11.8 Å². The lowest BCUT2D eigenvalue weighted by atomic mass is 10.0. The minimum absolute atomic E-state index is 0.101. The van der Waals surface area contributed by atoms with Crippen molar-refractivity contribution in [2.24, 2.45) is 0 Å². The summed E-state index contributed by atoms with van der Waals surface area (Å²) in [7, 11) is 1.72. The molecule has 0 aliphatic rings. The molecule has 0 spiro atoms. The minimum Gasteiger partial charge on any atom is -0.392 e. The SMILES string of the molecule is CCCSCC(O)CCC(C)(C)OC. The first-order chi connectivity index (χ1) is 6.52. The average molecular weight is 220 g/mol. The molecule has 0 saturated carbocycles. The van der Waals surface area contributed by atoms with Gasteiger partial charge in [-0.25, -0.2) is 0 Å². The highest BCUT2D eigenvalue weighted by atomic mass is 32.2. The molecule has 1 atom stereocenters. The van der Waals surface area contributed by atoms with Gasteiger partial charge in [0.15, 0.2) is 0 Å². The van der Waals surface area contributed by atoms with Crippen LogP contribution < -0.4 is 0 Å². The third-order valence-corrected chi connectivity index (χ3v) is 3.61. The maximum absolute atomic E-state index is 9.66. The predicted octanol–water partition coefficient (Wildman–Crippen LogP) is 2.70. The molecule has 2 nitrogen and oxygen atoms in total. The van der Waals surface area contributed by atoms with Gasteiger partial charge in [-0.15, -0.1) is 0 Å². The fraction of sp³-hybridized carbons (Fsp3) is 1.00. The van der Waals surface area contributed by atoms with Crippen molar-refractivity contribution in [3.8, 4) is 0 Å². The molecule has 86 valence electrons. The molecule has 0 bridgehead atoms. The summed E-state index contributed by atoms with van der Waals surface area (Å²) in [5.41, 5.74) is -0.101. The molecule has 0 aromatic heterocycles. The Morgan fingerprint density at radius 1 is 1.43 bits per heavy atom. The van der Waals surface area contributed by atoms with Gasteiger partial charge in [0.05, 0.1) is 11.7 Å². The van der Waals surface area contributed by atoms with Crippen LogP contribution in [0.25, 0.3) is 0 Å². The molecular formula is C11H24O2S. The van der Waals surface area contributed by atoms with E-state index in [0.29, 0.717) is 0 Å². The highest BCUT2D eigenvalue weighted by Gasteiger charge is 2.17. The van der Waals surface area contributed by atoms with Gasteiger partial charge in [0.25, 0.3) is 0 Å². The van der Waals surface area contributed by atoms with E-state index in [4.69, 9.17) is 4.74 Å². The van der Waals surface area contributed by atoms with E-state index < -0.39 is 0 Å². The maximum Gasteiger partial charge on any atom is 0.0631 e. The molecule has 0 aliphatic carbocycles. The van der Waals surface area contributed by atoms with E-state index >= 15 is 0 Å². The van der Waals surface area contributed by atoms with E-state index in [1.54, 1.807) is 7.11 Å². The summed E-state index contributed by atoms with van der Waals surface area (Å²) >= 11 is 1.83. The lowest BCUT2D eigenvalue weighted by Crippen LogP contribution is -2.25. The number of thioether (sulfide) groups is 1. The number of ether oxygens (including phenoxy) is 1. The van der Waals surface area contributed by atoms with Crippen molar-refractivity contribution >= 4 is 11.8 Å². The molecule has 0 aliphatic heterocycles. The zero-order valence-electron chi connectivity index (χ0n) is 9.88. The topological polar surface area (TPSA) is 29.5 Å². The molecule has 0 amide bonds. The Morgan fingerprint density at radius 3 is 2.57 bits per heavy atom. The van der Waals surface area contributed by atoms with Crippen LogP contribution in [-0.4, -0.2) is 35.4 Å².